The van der Waals surface area contributed by atoms with Crippen LogP contribution in [-0.2, 0) is 21.4 Å². The van der Waals surface area contributed by atoms with Crippen LogP contribution < -0.4 is 4.74 Å². The van der Waals surface area contributed by atoms with Crippen molar-refractivity contribution < 1.29 is 17.9 Å². The van der Waals surface area contributed by atoms with Crippen molar-refractivity contribution in [1.29, 1.82) is 0 Å². The zero-order valence-electron chi connectivity index (χ0n) is 21.1. The molecule has 3 heterocycles. The minimum atomic E-state index is -3.56. The highest BCUT2D eigenvalue weighted by Crippen LogP contribution is 2.38. The van der Waals surface area contributed by atoms with Gasteiger partial charge in [-0.15, -0.1) is 0 Å². The van der Waals surface area contributed by atoms with Crippen molar-refractivity contribution >= 4 is 27.3 Å². The summed E-state index contributed by atoms with van der Waals surface area (Å²) in [7, 11) is -3.56. The maximum atomic E-state index is 13.3. The minimum Gasteiger partial charge on any atom is -0.491 e. The second-order valence-electron chi connectivity index (χ2n) is 10.3. The van der Waals surface area contributed by atoms with Gasteiger partial charge in [0.1, 0.15) is 17.7 Å². The van der Waals surface area contributed by atoms with Gasteiger partial charge >= 0.3 is 0 Å². The number of nitrogens with zero attached hydrogens (tertiary/aromatic N) is 3. The van der Waals surface area contributed by atoms with Crippen LogP contribution in [0.4, 0.5) is 0 Å². The first kappa shape index (κ1) is 25.0. The van der Waals surface area contributed by atoms with E-state index in [9.17, 15) is 13.2 Å². The molecule has 7 nitrogen and oxygen atoms in total. The first-order chi connectivity index (χ1) is 17.4. The van der Waals surface area contributed by atoms with Gasteiger partial charge in [-0.2, -0.15) is 4.31 Å². The van der Waals surface area contributed by atoms with E-state index < -0.39 is 10.0 Å². The molecule has 192 valence electrons. The number of carbonyl (C=O) groups excluding carboxylic acids is 1. The van der Waals surface area contributed by atoms with Crippen molar-refractivity contribution in [2.45, 2.75) is 81.8 Å². The first-order valence-electron chi connectivity index (χ1n) is 13.1. The largest absolute Gasteiger partial charge is 0.491 e. The Balaban J connectivity index is 1.33. The maximum absolute atomic E-state index is 13.3. The van der Waals surface area contributed by atoms with E-state index in [2.05, 4.69) is 18.3 Å². The van der Waals surface area contributed by atoms with Gasteiger partial charge in [0.15, 0.2) is 0 Å². The zero-order chi connectivity index (χ0) is 25.3. The molecule has 0 unspecified atom stereocenters. The molecule has 0 N–H and O–H groups in total. The Morgan fingerprint density at radius 2 is 1.69 bits per heavy atom. The molecule has 2 fully saturated rings. The van der Waals surface area contributed by atoms with E-state index in [0.29, 0.717) is 29.7 Å². The number of hydrogen-bond donors (Lipinski definition) is 0. The number of rotatable bonds is 8. The van der Waals surface area contributed by atoms with Crippen molar-refractivity contribution in [3.63, 3.8) is 0 Å². The molecule has 0 bridgehead atoms. The number of pyridine rings is 1. The van der Waals surface area contributed by atoms with Crippen LogP contribution in [0.5, 0.6) is 5.75 Å². The summed E-state index contributed by atoms with van der Waals surface area (Å²) in [6.45, 7) is 5.09. The van der Waals surface area contributed by atoms with Crippen molar-refractivity contribution in [2.24, 2.45) is 0 Å². The number of hydrogen-bond acceptors (Lipinski definition) is 5. The molecule has 2 aliphatic rings. The predicted molar refractivity (Wildman–Crippen MR) is 140 cm³/mol. The van der Waals surface area contributed by atoms with E-state index in [4.69, 9.17) is 9.72 Å². The predicted octanol–water partition coefficient (Wildman–Crippen LogP) is 5.25. The number of aldehydes is 1. The van der Waals surface area contributed by atoms with Crippen LogP contribution in [0.3, 0.4) is 0 Å². The molecule has 1 aromatic carbocycles. The highest BCUT2D eigenvalue weighted by atomic mass is 32.2. The second kappa shape index (κ2) is 10.3. The standard InChI is InChI=1S/C28H35N3O4S/c1-20(2)35-23-7-9-24(10-8-23)36(33,34)31-15-13-21(14-16-31)26-19-30(17-18-32)28-25(26)11-12-27(29-28)22-5-3-4-6-22/h7-12,18-22H,3-6,13-17H2,1-2H3. The van der Waals surface area contributed by atoms with Gasteiger partial charge in [0.25, 0.3) is 0 Å². The number of ether oxygens (including phenoxy) is 1. The third-order valence-electron chi connectivity index (χ3n) is 7.55. The highest BCUT2D eigenvalue weighted by molar-refractivity contribution is 7.89. The second-order valence-corrected chi connectivity index (χ2v) is 12.2. The SMILES string of the molecule is CC(C)Oc1ccc(S(=O)(=O)N2CCC(c3cn(CC=O)c4nc(C5CCCC5)ccc34)CC2)cc1. The maximum Gasteiger partial charge on any atom is 0.243 e. The molecule has 3 aromatic rings. The first-order valence-corrected chi connectivity index (χ1v) is 14.5. The molecular formula is C28H35N3O4S. The molecule has 0 spiro atoms. The number of aromatic nitrogens is 2. The Morgan fingerprint density at radius 1 is 1.00 bits per heavy atom. The lowest BCUT2D eigenvalue weighted by atomic mass is 9.90. The van der Waals surface area contributed by atoms with Crippen LogP contribution >= 0.6 is 0 Å². The lowest BCUT2D eigenvalue weighted by molar-refractivity contribution is -0.108. The van der Waals surface area contributed by atoms with E-state index in [0.717, 1.165) is 35.9 Å². The summed E-state index contributed by atoms with van der Waals surface area (Å²) in [6.07, 6.45) is 9.35. The van der Waals surface area contributed by atoms with Crippen LogP contribution in [0.1, 0.15) is 75.5 Å². The van der Waals surface area contributed by atoms with Gasteiger partial charge in [0.2, 0.25) is 10.0 Å². The molecule has 0 radical (unpaired) electrons. The Kier molecular flexibility index (Phi) is 7.17. The molecule has 5 rings (SSSR count). The summed E-state index contributed by atoms with van der Waals surface area (Å²) in [5.41, 5.74) is 3.17. The molecule has 2 aromatic heterocycles. The van der Waals surface area contributed by atoms with Crippen molar-refractivity contribution in [3.05, 3.63) is 53.9 Å². The Hall–Kier alpha value is -2.71. The Labute approximate surface area is 213 Å². The number of fused-ring (bicyclic) bond motifs is 1. The van der Waals surface area contributed by atoms with Gasteiger partial charge in [-0.05, 0) is 87.4 Å². The average molecular weight is 510 g/mol. The van der Waals surface area contributed by atoms with Crippen LogP contribution in [-0.4, -0.2) is 47.8 Å². The van der Waals surface area contributed by atoms with Crippen molar-refractivity contribution in [2.75, 3.05) is 13.1 Å². The van der Waals surface area contributed by atoms with E-state index in [1.54, 1.807) is 28.6 Å². The molecular weight excluding hydrogens is 474 g/mol. The summed E-state index contributed by atoms with van der Waals surface area (Å²) in [5.74, 6) is 1.41. The normalized spacial score (nSPS) is 18.3. The van der Waals surface area contributed by atoms with Gasteiger partial charge < -0.3 is 14.1 Å². The molecule has 1 aliphatic carbocycles. The van der Waals surface area contributed by atoms with Gasteiger partial charge in [0, 0.05) is 36.3 Å². The molecule has 8 heteroatoms. The third-order valence-corrected chi connectivity index (χ3v) is 9.46. The molecule has 1 saturated carbocycles. The fourth-order valence-electron chi connectivity index (χ4n) is 5.72. The summed E-state index contributed by atoms with van der Waals surface area (Å²) in [6, 6.07) is 11.0. The van der Waals surface area contributed by atoms with E-state index in [1.165, 1.54) is 31.2 Å². The topological polar surface area (TPSA) is 81.5 Å². The third kappa shape index (κ3) is 4.93. The van der Waals surface area contributed by atoms with E-state index >= 15 is 0 Å². The minimum absolute atomic E-state index is 0.0356. The number of piperidine rings is 1. The summed E-state index contributed by atoms with van der Waals surface area (Å²) < 4.78 is 35.7. The number of sulfonamides is 1. The molecule has 1 aliphatic heterocycles. The molecule has 0 atom stereocenters. The van der Waals surface area contributed by atoms with Crippen LogP contribution in [0.25, 0.3) is 11.0 Å². The molecule has 1 saturated heterocycles. The van der Waals surface area contributed by atoms with Crippen molar-refractivity contribution in [3.8, 4) is 5.75 Å². The summed E-state index contributed by atoms with van der Waals surface area (Å²) >= 11 is 0. The van der Waals surface area contributed by atoms with Gasteiger partial charge in [-0.1, -0.05) is 12.8 Å². The fourth-order valence-corrected chi connectivity index (χ4v) is 7.19. The fraction of sp³-hybridized carbons (Fsp3) is 0.500. The van der Waals surface area contributed by atoms with Crippen molar-refractivity contribution in [1.82, 2.24) is 13.9 Å². The van der Waals surface area contributed by atoms with Gasteiger partial charge in [-0.3, -0.25) is 0 Å². The monoisotopic (exact) mass is 509 g/mol. The Bertz CT molecular complexity index is 1320. The number of carbonyl (C=O) groups is 1. The highest BCUT2D eigenvalue weighted by Gasteiger charge is 2.31. The lowest BCUT2D eigenvalue weighted by Crippen LogP contribution is -2.37. The van der Waals surface area contributed by atoms with Crippen LogP contribution in [0, 0.1) is 0 Å². The zero-order valence-corrected chi connectivity index (χ0v) is 21.9. The quantitative estimate of drug-likeness (QED) is 0.388. The molecule has 0 amide bonds. The van der Waals surface area contributed by atoms with Gasteiger partial charge in [-0.25, -0.2) is 13.4 Å². The van der Waals surface area contributed by atoms with Crippen LogP contribution in [0.2, 0.25) is 0 Å². The lowest BCUT2D eigenvalue weighted by Gasteiger charge is -2.31. The Morgan fingerprint density at radius 3 is 2.33 bits per heavy atom. The van der Waals surface area contributed by atoms with Crippen LogP contribution in [0.15, 0.2) is 47.5 Å². The average Bonchev–Trinajstić information content (AvgIpc) is 3.53. The summed E-state index contributed by atoms with van der Waals surface area (Å²) in [4.78, 5) is 16.7. The molecule has 36 heavy (non-hydrogen) atoms. The smallest absolute Gasteiger partial charge is 0.243 e. The van der Waals surface area contributed by atoms with E-state index in [-0.39, 0.29) is 18.6 Å². The van der Waals surface area contributed by atoms with Gasteiger partial charge in [0.05, 0.1) is 17.5 Å². The van der Waals surface area contributed by atoms with E-state index in [1.807, 2.05) is 18.4 Å². The summed E-state index contributed by atoms with van der Waals surface area (Å²) in [5, 5.41) is 1.08. The number of benzene rings is 1.